The van der Waals surface area contributed by atoms with Crippen molar-refractivity contribution >= 4 is 21.4 Å². The summed E-state index contributed by atoms with van der Waals surface area (Å²) in [5.41, 5.74) is 12.6. The summed E-state index contributed by atoms with van der Waals surface area (Å²) in [6, 6.07) is 7.17. The van der Waals surface area contributed by atoms with Crippen LogP contribution in [0.4, 0.5) is 5.69 Å². The molecule has 7 heteroatoms. The first-order chi connectivity index (χ1) is 9.35. The fourth-order valence-corrected chi connectivity index (χ4v) is 4.27. The summed E-state index contributed by atoms with van der Waals surface area (Å²) in [4.78, 5) is 13.0. The maximum atomic E-state index is 11.6. The summed E-state index contributed by atoms with van der Waals surface area (Å²) in [6.07, 6.45) is 0.540. The summed E-state index contributed by atoms with van der Waals surface area (Å²) >= 11 is 0. The maximum Gasteiger partial charge on any atom is 0.231 e. The first kappa shape index (κ1) is 14.8. The molecule has 20 heavy (non-hydrogen) atoms. The van der Waals surface area contributed by atoms with Crippen molar-refractivity contribution in [1.82, 2.24) is 4.90 Å². The van der Waals surface area contributed by atoms with Gasteiger partial charge in [-0.3, -0.25) is 9.69 Å². The number of amides is 1. The molecule has 0 radical (unpaired) electrons. The first-order valence-corrected chi connectivity index (χ1v) is 8.25. The van der Waals surface area contributed by atoms with Crippen LogP contribution in [0.5, 0.6) is 0 Å². The van der Waals surface area contributed by atoms with Gasteiger partial charge in [-0.2, -0.15) is 0 Å². The molecule has 1 aliphatic rings. The van der Waals surface area contributed by atoms with Gasteiger partial charge in [-0.1, -0.05) is 12.1 Å². The van der Waals surface area contributed by atoms with E-state index in [4.69, 9.17) is 11.5 Å². The number of nitrogen functional groups attached to an aromatic ring is 1. The van der Waals surface area contributed by atoms with E-state index in [1.54, 1.807) is 6.07 Å². The van der Waals surface area contributed by atoms with Crippen molar-refractivity contribution in [3.63, 3.8) is 0 Å². The summed E-state index contributed by atoms with van der Waals surface area (Å²) in [5, 5.41) is 0. The van der Waals surface area contributed by atoms with Gasteiger partial charge in [0.15, 0.2) is 9.84 Å². The molecule has 1 atom stereocenters. The lowest BCUT2D eigenvalue weighted by molar-refractivity contribution is -0.119. The van der Waals surface area contributed by atoms with Gasteiger partial charge in [0.1, 0.15) is 0 Å². The molecule has 4 N–H and O–H groups in total. The largest absolute Gasteiger partial charge is 0.399 e. The van der Waals surface area contributed by atoms with Gasteiger partial charge in [0, 0.05) is 18.3 Å². The van der Waals surface area contributed by atoms with Crippen LogP contribution in [0.2, 0.25) is 0 Å². The van der Waals surface area contributed by atoms with Crippen LogP contribution in [0.15, 0.2) is 24.3 Å². The standard InChI is InChI=1S/C13H19N3O3S/c14-11-3-1-2-10(6-11)7-16(8-13(15)17)12-4-5-20(18,19)9-12/h1-3,6,12H,4-5,7-9,14H2,(H2,15,17). The van der Waals surface area contributed by atoms with Gasteiger partial charge in [-0.15, -0.1) is 0 Å². The molecule has 0 spiro atoms. The summed E-state index contributed by atoms with van der Waals surface area (Å²) in [5.74, 6) is -0.204. The first-order valence-electron chi connectivity index (χ1n) is 6.43. The molecule has 110 valence electrons. The Morgan fingerprint density at radius 3 is 2.70 bits per heavy atom. The van der Waals surface area contributed by atoms with E-state index in [1.165, 1.54) is 0 Å². The highest BCUT2D eigenvalue weighted by Gasteiger charge is 2.32. The quantitative estimate of drug-likeness (QED) is 0.728. The monoisotopic (exact) mass is 297 g/mol. The van der Waals surface area contributed by atoms with Gasteiger partial charge < -0.3 is 11.5 Å². The van der Waals surface area contributed by atoms with E-state index >= 15 is 0 Å². The predicted octanol–water partition coefficient (Wildman–Crippen LogP) is -0.257. The number of nitrogens with two attached hydrogens (primary N) is 2. The van der Waals surface area contributed by atoms with Crippen molar-refractivity contribution in [2.75, 3.05) is 23.8 Å². The Bertz CT molecular complexity index is 601. The highest BCUT2D eigenvalue weighted by Crippen LogP contribution is 2.20. The Balaban J connectivity index is 2.14. The van der Waals surface area contributed by atoms with Crippen molar-refractivity contribution in [3.8, 4) is 0 Å². The van der Waals surface area contributed by atoms with E-state index in [0.717, 1.165) is 5.56 Å². The predicted molar refractivity (Wildman–Crippen MR) is 77.5 cm³/mol. The van der Waals surface area contributed by atoms with Gasteiger partial charge in [0.2, 0.25) is 5.91 Å². The Morgan fingerprint density at radius 2 is 2.15 bits per heavy atom. The van der Waals surface area contributed by atoms with Crippen LogP contribution in [0.3, 0.4) is 0 Å². The van der Waals surface area contributed by atoms with Crippen LogP contribution in [0, 0.1) is 0 Å². The van der Waals surface area contributed by atoms with Crippen molar-refractivity contribution in [3.05, 3.63) is 29.8 Å². The van der Waals surface area contributed by atoms with E-state index in [1.807, 2.05) is 23.1 Å². The molecule has 0 saturated carbocycles. The number of anilines is 1. The average Bonchev–Trinajstić information content (AvgIpc) is 2.68. The van der Waals surface area contributed by atoms with Gasteiger partial charge in [-0.25, -0.2) is 8.42 Å². The van der Waals surface area contributed by atoms with E-state index in [-0.39, 0.29) is 24.1 Å². The van der Waals surface area contributed by atoms with E-state index in [9.17, 15) is 13.2 Å². The molecule has 1 amide bonds. The molecule has 1 aliphatic heterocycles. The topological polar surface area (TPSA) is 106 Å². The second kappa shape index (κ2) is 5.80. The van der Waals surface area contributed by atoms with Crippen LogP contribution in [0.1, 0.15) is 12.0 Å². The minimum atomic E-state index is -3.00. The third-order valence-electron chi connectivity index (χ3n) is 3.42. The van der Waals surface area contributed by atoms with E-state index in [2.05, 4.69) is 0 Å². The van der Waals surface area contributed by atoms with E-state index < -0.39 is 15.7 Å². The smallest absolute Gasteiger partial charge is 0.231 e. The number of nitrogens with zero attached hydrogens (tertiary/aromatic N) is 1. The molecule has 0 aromatic heterocycles. The Labute approximate surface area is 118 Å². The number of hydrogen-bond donors (Lipinski definition) is 2. The van der Waals surface area contributed by atoms with Gasteiger partial charge in [0.25, 0.3) is 0 Å². The molecule has 0 aliphatic carbocycles. The molecule has 1 unspecified atom stereocenters. The number of sulfone groups is 1. The Hall–Kier alpha value is -1.60. The number of benzene rings is 1. The lowest BCUT2D eigenvalue weighted by Gasteiger charge is -2.26. The van der Waals surface area contributed by atoms with Crippen LogP contribution in [-0.2, 0) is 21.2 Å². The molecule has 1 heterocycles. The minimum Gasteiger partial charge on any atom is -0.399 e. The molecule has 0 bridgehead atoms. The Morgan fingerprint density at radius 1 is 1.40 bits per heavy atom. The minimum absolute atomic E-state index is 0.0506. The fraction of sp³-hybridized carbons (Fsp3) is 0.462. The van der Waals surface area contributed by atoms with Crippen molar-refractivity contribution in [2.45, 2.75) is 19.0 Å². The lowest BCUT2D eigenvalue weighted by atomic mass is 10.1. The molecule has 6 nitrogen and oxygen atoms in total. The van der Waals surface area contributed by atoms with Gasteiger partial charge in [-0.05, 0) is 24.1 Å². The molecule has 2 rings (SSSR count). The lowest BCUT2D eigenvalue weighted by Crippen LogP contribution is -2.41. The second-order valence-corrected chi connectivity index (χ2v) is 7.40. The zero-order valence-electron chi connectivity index (χ0n) is 11.2. The summed E-state index contributed by atoms with van der Waals surface area (Å²) in [6.45, 7) is 0.517. The van der Waals surface area contributed by atoms with Crippen LogP contribution in [-0.4, -0.2) is 43.3 Å². The van der Waals surface area contributed by atoms with Crippen molar-refractivity contribution in [2.24, 2.45) is 5.73 Å². The highest BCUT2D eigenvalue weighted by molar-refractivity contribution is 7.91. The van der Waals surface area contributed by atoms with Crippen molar-refractivity contribution in [1.29, 1.82) is 0 Å². The molecule has 1 saturated heterocycles. The van der Waals surface area contributed by atoms with Crippen LogP contribution in [0.25, 0.3) is 0 Å². The highest BCUT2D eigenvalue weighted by atomic mass is 32.2. The molecule has 1 aromatic carbocycles. The number of rotatable bonds is 5. The third-order valence-corrected chi connectivity index (χ3v) is 5.17. The van der Waals surface area contributed by atoms with Gasteiger partial charge >= 0.3 is 0 Å². The molecule has 1 aromatic rings. The normalized spacial score (nSPS) is 21.1. The number of carbonyl (C=O) groups excluding carboxylic acids is 1. The van der Waals surface area contributed by atoms with Crippen LogP contribution < -0.4 is 11.5 Å². The molecular formula is C13H19N3O3S. The average molecular weight is 297 g/mol. The van der Waals surface area contributed by atoms with E-state index in [0.29, 0.717) is 18.7 Å². The SMILES string of the molecule is NC(=O)CN(Cc1cccc(N)c1)C1CCS(=O)(=O)C1. The Kier molecular flexibility index (Phi) is 4.29. The summed E-state index contributed by atoms with van der Waals surface area (Å²) < 4.78 is 23.1. The number of primary amides is 1. The van der Waals surface area contributed by atoms with Crippen LogP contribution >= 0.6 is 0 Å². The zero-order valence-corrected chi connectivity index (χ0v) is 12.0. The van der Waals surface area contributed by atoms with Gasteiger partial charge in [0.05, 0.1) is 18.1 Å². The maximum absolute atomic E-state index is 11.6. The molecule has 1 fully saturated rings. The number of hydrogen-bond acceptors (Lipinski definition) is 5. The number of carbonyl (C=O) groups is 1. The fourth-order valence-electron chi connectivity index (χ4n) is 2.50. The third kappa shape index (κ3) is 3.94. The zero-order chi connectivity index (χ0) is 14.8. The van der Waals surface area contributed by atoms with Crippen molar-refractivity contribution < 1.29 is 13.2 Å². The second-order valence-electron chi connectivity index (χ2n) is 5.17. The molecular weight excluding hydrogens is 278 g/mol. The summed E-state index contributed by atoms with van der Waals surface area (Å²) in [7, 11) is -3.00.